The molecule has 1 heterocycles. The Morgan fingerprint density at radius 2 is 2.00 bits per heavy atom. The largest absolute Gasteiger partial charge is 0.487 e. The van der Waals surface area contributed by atoms with Gasteiger partial charge in [0.2, 0.25) is 0 Å². The van der Waals surface area contributed by atoms with E-state index in [0.717, 1.165) is 10.0 Å². The average Bonchev–Trinajstić information content (AvgIpc) is 2.66. The third kappa shape index (κ3) is 4.43. The fourth-order valence-corrected chi connectivity index (χ4v) is 4.18. The van der Waals surface area contributed by atoms with Crippen molar-refractivity contribution in [2.45, 2.75) is 11.8 Å². The van der Waals surface area contributed by atoms with Gasteiger partial charge in [-0.25, -0.2) is 4.98 Å². The Labute approximate surface area is 177 Å². The first-order chi connectivity index (χ1) is 13.0. The van der Waals surface area contributed by atoms with Crippen LogP contribution in [0.3, 0.4) is 0 Å². The zero-order valence-electron chi connectivity index (χ0n) is 14.1. The van der Waals surface area contributed by atoms with Crippen LogP contribution in [-0.4, -0.2) is 16.2 Å². The van der Waals surface area contributed by atoms with Crippen LogP contribution in [0, 0.1) is 11.3 Å². The molecule has 8 heteroatoms. The number of thioether (sulfide) groups is 1. The quantitative estimate of drug-likeness (QED) is 0.383. The predicted molar refractivity (Wildman–Crippen MR) is 113 cm³/mol. The average molecular weight is 507 g/mol. The molecule has 0 saturated heterocycles. The minimum absolute atomic E-state index is 0.0534. The van der Waals surface area contributed by atoms with Crippen LogP contribution in [-0.2, 0) is 6.61 Å². The molecule has 3 rings (SSSR count). The number of rotatable bonds is 5. The van der Waals surface area contributed by atoms with E-state index in [1.165, 1.54) is 11.8 Å². The van der Waals surface area contributed by atoms with Crippen LogP contribution in [0.4, 0.5) is 0 Å². The minimum atomic E-state index is -0.475. The number of aromatic nitrogens is 2. The zero-order chi connectivity index (χ0) is 19.4. The molecule has 0 bridgehead atoms. The van der Waals surface area contributed by atoms with Gasteiger partial charge in [0, 0.05) is 10.0 Å². The van der Waals surface area contributed by atoms with Crippen molar-refractivity contribution in [1.29, 1.82) is 5.26 Å². The molecule has 0 spiro atoms. The van der Waals surface area contributed by atoms with Gasteiger partial charge < -0.3 is 9.72 Å². The molecule has 27 heavy (non-hydrogen) atoms. The van der Waals surface area contributed by atoms with Crippen molar-refractivity contribution in [3.8, 4) is 23.1 Å². The van der Waals surface area contributed by atoms with Gasteiger partial charge >= 0.3 is 0 Å². The summed E-state index contributed by atoms with van der Waals surface area (Å²) >= 11 is 8.26. The maximum absolute atomic E-state index is 12.3. The summed E-state index contributed by atoms with van der Waals surface area (Å²) in [5.74, 6) is 0.517. The molecule has 0 fully saturated rings. The Hall–Kier alpha value is -2.08. The van der Waals surface area contributed by atoms with Crippen LogP contribution < -0.4 is 10.3 Å². The van der Waals surface area contributed by atoms with Crippen molar-refractivity contribution in [1.82, 2.24) is 9.97 Å². The number of halogens is 2. The Morgan fingerprint density at radius 1 is 1.26 bits per heavy atom. The molecule has 0 aliphatic carbocycles. The molecule has 3 aromatic rings. The van der Waals surface area contributed by atoms with E-state index in [0.29, 0.717) is 27.5 Å². The van der Waals surface area contributed by atoms with Crippen molar-refractivity contribution in [2.75, 3.05) is 6.26 Å². The third-order valence-corrected chi connectivity index (χ3v) is 5.32. The third-order valence-electron chi connectivity index (χ3n) is 3.69. The number of hydrogen-bond acceptors (Lipinski definition) is 5. The van der Waals surface area contributed by atoms with Gasteiger partial charge in [-0.1, -0.05) is 58.0 Å². The number of nitrogens with zero attached hydrogens (tertiary/aromatic N) is 2. The SMILES string of the molecule is CSc1nc(-c2cc(Br)cc(Br)c2OCc2ccccc2)c(C#N)c(=O)[nH]1. The maximum Gasteiger partial charge on any atom is 0.270 e. The van der Waals surface area contributed by atoms with E-state index < -0.39 is 5.56 Å². The lowest BCUT2D eigenvalue weighted by Crippen LogP contribution is -2.15. The molecule has 0 atom stereocenters. The molecule has 0 saturated carbocycles. The molecular weight excluding hydrogens is 494 g/mol. The second-order valence-corrected chi connectivity index (χ2v) is 8.01. The van der Waals surface area contributed by atoms with Gasteiger partial charge in [0.05, 0.1) is 4.47 Å². The summed E-state index contributed by atoms with van der Waals surface area (Å²) in [6, 6.07) is 15.3. The number of nitriles is 1. The van der Waals surface area contributed by atoms with Crippen LogP contribution >= 0.6 is 43.6 Å². The van der Waals surface area contributed by atoms with E-state index >= 15 is 0 Å². The Bertz CT molecular complexity index is 1080. The lowest BCUT2D eigenvalue weighted by Gasteiger charge is -2.15. The van der Waals surface area contributed by atoms with Crippen molar-refractivity contribution in [3.63, 3.8) is 0 Å². The van der Waals surface area contributed by atoms with Gasteiger partial charge in [-0.2, -0.15) is 5.26 Å². The van der Waals surface area contributed by atoms with Crippen molar-refractivity contribution < 1.29 is 4.74 Å². The van der Waals surface area contributed by atoms with E-state index in [9.17, 15) is 10.1 Å². The highest BCUT2D eigenvalue weighted by atomic mass is 79.9. The number of hydrogen-bond donors (Lipinski definition) is 1. The highest BCUT2D eigenvalue weighted by molar-refractivity contribution is 9.11. The van der Waals surface area contributed by atoms with Crippen molar-refractivity contribution in [3.05, 3.63) is 72.9 Å². The number of benzene rings is 2. The summed E-state index contributed by atoms with van der Waals surface area (Å²) in [5.41, 5.74) is 1.32. The molecule has 0 aliphatic heterocycles. The number of nitrogens with one attached hydrogen (secondary N) is 1. The molecule has 2 aromatic carbocycles. The first kappa shape index (κ1) is 19.7. The highest BCUT2D eigenvalue weighted by Gasteiger charge is 2.20. The highest BCUT2D eigenvalue weighted by Crippen LogP contribution is 2.40. The van der Waals surface area contributed by atoms with E-state index in [-0.39, 0.29) is 11.3 Å². The van der Waals surface area contributed by atoms with Crippen LogP contribution in [0.2, 0.25) is 0 Å². The fraction of sp³-hybridized carbons (Fsp3) is 0.105. The maximum atomic E-state index is 12.3. The molecule has 1 aromatic heterocycles. The Balaban J connectivity index is 2.15. The van der Waals surface area contributed by atoms with Crippen molar-refractivity contribution in [2.24, 2.45) is 0 Å². The predicted octanol–water partition coefficient (Wildman–Crippen LogP) is 5.13. The lowest BCUT2D eigenvalue weighted by molar-refractivity contribution is 0.305. The molecule has 0 aliphatic rings. The first-order valence-corrected chi connectivity index (χ1v) is 10.6. The van der Waals surface area contributed by atoms with Crippen LogP contribution in [0.25, 0.3) is 11.3 Å². The molecule has 1 N–H and O–H groups in total. The number of ether oxygens (including phenoxy) is 1. The van der Waals surface area contributed by atoms with Crippen LogP contribution in [0.15, 0.2) is 61.4 Å². The summed E-state index contributed by atoms with van der Waals surface area (Å²) in [6.45, 7) is 0.342. The van der Waals surface area contributed by atoms with Crippen molar-refractivity contribution >= 4 is 43.6 Å². The number of aromatic amines is 1. The standard InChI is InChI=1S/C19H13Br2N3O2S/c1-27-19-23-16(14(9-22)18(25)24-19)13-7-12(20)8-15(21)17(13)26-10-11-5-3-2-4-6-11/h2-8H,10H2,1H3,(H,23,24,25). The van der Waals surface area contributed by atoms with Gasteiger partial charge in [-0.15, -0.1) is 0 Å². The van der Waals surface area contributed by atoms with Gasteiger partial charge in [0.25, 0.3) is 5.56 Å². The molecule has 136 valence electrons. The summed E-state index contributed by atoms with van der Waals surface area (Å²) in [5, 5.41) is 9.91. The first-order valence-electron chi connectivity index (χ1n) is 7.78. The summed E-state index contributed by atoms with van der Waals surface area (Å²) < 4.78 is 7.51. The minimum Gasteiger partial charge on any atom is -0.487 e. The van der Waals surface area contributed by atoms with Gasteiger partial charge in [0.15, 0.2) is 5.16 Å². The normalized spacial score (nSPS) is 10.4. The van der Waals surface area contributed by atoms with E-state index in [1.54, 1.807) is 12.3 Å². The molecular formula is C19H13Br2N3O2S. The molecule has 0 radical (unpaired) electrons. The summed E-state index contributed by atoms with van der Waals surface area (Å²) in [6.07, 6.45) is 1.80. The summed E-state index contributed by atoms with van der Waals surface area (Å²) in [7, 11) is 0. The van der Waals surface area contributed by atoms with E-state index in [4.69, 9.17) is 4.74 Å². The van der Waals surface area contributed by atoms with Gasteiger partial charge in [0.1, 0.15) is 29.7 Å². The molecule has 5 nitrogen and oxygen atoms in total. The Morgan fingerprint density at radius 3 is 2.67 bits per heavy atom. The molecule has 0 unspecified atom stereocenters. The van der Waals surface area contributed by atoms with E-state index in [1.807, 2.05) is 42.5 Å². The monoisotopic (exact) mass is 505 g/mol. The second kappa shape index (κ2) is 8.74. The second-order valence-electron chi connectivity index (χ2n) is 5.45. The molecule has 0 amide bonds. The smallest absolute Gasteiger partial charge is 0.270 e. The number of H-pyrrole nitrogens is 1. The van der Waals surface area contributed by atoms with Crippen LogP contribution in [0.5, 0.6) is 5.75 Å². The zero-order valence-corrected chi connectivity index (χ0v) is 18.1. The fourth-order valence-electron chi connectivity index (χ4n) is 2.46. The van der Waals surface area contributed by atoms with Gasteiger partial charge in [-0.05, 0) is 39.9 Å². The van der Waals surface area contributed by atoms with E-state index in [2.05, 4.69) is 41.8 Å². The topological polar surface area (TPSA) is 78.8 Å². The summed E-state index contributed by atoms with van der Waals surface area (Å²) in [4.78, 5) is 19.3. The van der Waals surface area contributed by atoms with Crippen LogP contribution in [0.1, 0.15) is 11.1 Å². The lowest BCUT2D eigenvalue weighted by atomic mass is 10.1. The Kier molecular flexibility index (Phi) is 6.37. The van der Waals surface area contributed by atoms with Gasteiger partial charge in [-0.3, -0.25) is 4.79 Å².